The van der Waals surface area contributed by atoms with E-state index in [1.165, 1.54) is 60.3 Å². The van der Waals surface area contributed by atoms with Crippen LogP contribution in [0.25, 0.3) is 54.6 Å². The molecule has 0 atom stereocenters. The Hall–Kier alpha value is -4.88. The van der Waals surface area contributed by atoms with Crippen molar-refractivity contribution in [2.45, 2.75) is 0 Å². The summed E-state index contributed by atoms with van der Waals surface area (Å²) in [5.74, 6) is 0. The second-order valence-electron chi connectivity index (χ2n) is 9.77. The molecule has 0 heterocycles. The fraction of sp³-hybridized carbons (Fsp3) is 0. The molecule has 0 N–H and O–H groups in total. The van der Waals surface area contributed by atoms with Gasteiger partial charge < -0.3 is 4.90 Å². The molecule has 0 aromatic heterocycles. The Bertz CT molecular complexity index is 1960. The first kappa shape index (κ1) is 20.3. The molecule has 0 spiro atoms. The third kappa shape index (κ3) is 2.98. The van der Waals surface area contributed by atoms with Crippen LogP contribution in [0.3, 0.4) is 0 Å². The fourth-order valence-electron chi connectivity index (χ4n) is 6.13. The second kappa shape index (κ2) is 7.81. The standard InChI is InChI=1S/C36H23N/c1-2-10-26(11-3-1)37(27-19-20-29-25(23-27)18-17-24-9-4-5-12-28(24)29)35-22-21-33-31-14-7-6-13-30(31)32-15-8-16-34(35)36(32)33/h1-23H. The van der Waals surface area contributed by atoms with Crippen LogP contribution in [0.5, 0.6) is 0 Å². The van der Waals surface area contributed by atoms with Gasteiger partial charge in [-0.2, -0.15) is 0 Å². The maximum Gasteiger partial charge on any atom is 0.0540 e. The summed E-state index contributed by atoms with van der Waals surface area (Å²) in [5, 5.41) is 7.71. The summed E-state index contributed by atoms with van der Waals surface area (Å²) < 4.78 is 0. The molecule has 37 heavy (non-hydrogen) atoms. The Morgan fingerprint density at radius 3 is 1.86 bits per heavy atom. The van der Waals surface area contributed by atoms with E-state index in [1.807, 2.05) is 0 Å². The van der Waals surface area contributed by atoms with Crippen molar-refractivity contribution in [2.75, 3.05) is 4.90 Å². The van der Waals surface area contributed by atoms with Gasteiger partial charge in [-0.1, -0.05) is 109 Å². The molecule has 172 valence electrons. The average Bonchev–Trinajstić information content (AvgIpc) is 3.30. The summed E-state index contributed by atoms with van der Waals surface area (Å²) in [6, 6.07) is 50.8. The minimum atomic E-state index is 1.15. The van der Waals surface area contributed by atoms with E-state index in [4.69, 9.17) is 0 Å². The number of anilines is 3. The third-order valence-corrected chi connectivity index (χ3v) is 7.77. The Balaban J connectivity index is 1.40. The molecule has 7 aromatic carbocycles. The van der Waals surface area contributed by atoms with Crippen molar-refractivity contribution in [3.8, 4) is 22.3 Å². The number of hydrogen-bond donors (Lipinski definition) is 0. The normalized spacial score (nSPS) is 11.8. The SMILES string of the molecule is c1ccc(N(c2ccc3c(ccc4ccccc43)c2)c2ccc3c4c(cccc24)-c2ccccc2-3)cc1. The van der Waals surface area contributed by atoms with Crippen LogP contribution in [0.15, 0.2) is 140 Å². The highest BCUT2D eigenvalue weighted by molar-refractivity contribution is 6.19. The quantitative estimate of drug-likeness (QED) is 0.233. The first-order valence-corrected chi connectivity index (χ1v) is 12.8. The maximum absolute atomic E-state index is 2.40. The minimum absolute atomic E-state index is 1.15. The molecule has 0 saturated carbocycles. The lowest BCUT2D eigenvalue weighted by Gasteiger charge is -2.27. The van der Waals surface area contributed by atoms with Gasteiger partial charge in [0, 0.05) is 16.8 Å². The molecule has 0 radical (unpaired) electrons. The van der Waals surface area contributed by atoms with Crippen LogP contribution in [0.1, 0.15) is 0 Å². The van der Waals surface area contributed by atoms with Gasteiger partial charge >= 0.3 is 0 Å². The summed E-state index contributed by atoms with van der Waals surface area (Å²) in [6.45, 7) is 0. The summed E-state index contributed by atoms with van der Waals surface area (Å²) >= 11 is 0. The Morgan fingerprint density at radius 1 is 0.351 bits per heavy atom. The summed E-state index contributed by atoms with van der Waals surface area (Å²) in [5.41, 5.74) is 8.79. The maximum atomic E-state index is 2.40. The van der Waals surface area contributed by atoms with Gasteiger partial charge in [0.2, 0.25) is 0 Å². The third-order valence-electron chi connectivity index (χ3n) is 7.77. The molecule has 0 fully saturated rings. The molecule has 1 nitrogen and oxygen atoms in total. The number of fused-ring (bicyclic) bond motifs is 6. The zero-order valence-electron chi connectivity index (χ0n) is 20.2. The zero-order valence-corrected chi connectivity index (χ0v) is 20.2. The molecule has 7 aromatic rings. The van der Waals surface area contributed by atoms with Crippen molar-refractivity contribution >= 4 is 49.4 Å². The minimum Gasteiger partial charge on any atom is -0.310 e. The van der Waals surface area contributed by atoms with Crippen LogP contribution < -0.4 is 4.90 Å². The fourth-order valence-corrected chi connectivity index (χ4v) is 6.13. The number of benzene rings is 7. The Kier molecular flexibility index (Phi) is 4.29. The van der Waals surface area contributed by atoms with Gasteiger partial charge in [-0.05, 0) is 79.5 Å². The summed E-state index contributed by atoms with van der Waals surface area (Å²) in [7, 11) is 0. The Labute approximate surface area is 215 Å². The van der Waals surface area contributed by atoms with Crippen LogP contribution in [-0.4, -0.2) is 0 Å². The van der Waals surface area contributed by atoms with Gasteiger partial charge in [0.1, 0.15) is 0 Å². The monoisotopic (exact) mass is 469 g/mol. The van der Waals surface area contributed by atoms with Gasteiger partial charge in [0.05, 0.1) is 5.69 Å². The molecule has 1 heteroatoms. The summed E-state index contributed by atoms with van der Waals surface area (Å²) in [6.07, 6.45) is 0. The molecular formula is C36H23N. The van der Waals surface area contributed by atoms with E-state index in [0.717, 1.165) is 11.4 Å². The van der Waals surface area contributed by atoms with Gasteiger partial charge in [-0.3, -0.25) is 0 Å². The Morgan fingerprint density at radius 2 is 1.00 bits per heavy atom. The van der Waals surface area contributed by atoms with E-state index >= 15 is 0 Å². The highest BCUT2D eigenvalue weighted by Gasteiger charge is 2.24. The van der Waals surface area contributed by atoms with E-state index in [-0.39, 0.29) is 0 Å². The molecule has 0 unspecified atom stereocenters. The van der Waals surface area contributed by atoms with E-state index < -0.39 is 0 Å². The van der Waals surface area contributed by atoms with E-state index in [1.54, 1.807) is 0 Å². The van der Waals surface area contributed by atoms with E-state index in [9.17, 15) is 0 Å². The first-order chi connectivity index (χ1) is 18.4. The molecular weight excluding hydrogens is 446 g/mol. The van der Waals surface area contributed by atoms with Crippen LogP contribution in [-0.2, 0) is 0 Å². The number of rotatable bonds is 3. The van der Waals surface area contributed by atoms with E-state index in [2.05, 4.69) is 144 Å². The van der Waals surface area contributed by atoms with Crippen molar-refractivity contribution in [3.05, 3.63) is 140 Å². The van der Waals surface area contributed by atoms with Crippen LogP contribution >= 0.6 is 0 Å². The van der Waals surface area contributed by atoms with Gasteiger partial charge in [0.15, 0.2) is 0 Å². The zero-order chi connectivity index (χ0) is 24.3. The molecule has 0 amide bonds. The molecule has 8 rings (SSSR count). The van der Waals surface area contributed by atoms with Crippen LogP contribution in [0.2, 0.25) is 0 Å². The molecule has 1 aliphatic carbocycles. The first-order valence-electron chi connectivity index (χ1n) is 12.8. The highest BCUT2D eigenvalue weighted by Crippen LogP contribution is 2.51. The lowest BCUT2D eigenvalue weighted by Crippen LogP contribution is -2.10. The molecule has 0 aliphatic heterocycles. The molecule has 0 bridgehead atoms. The smallest absolute Gasteiger partial charge is 0.0540 e. The van der Waals surface area contributed by atoms with Crippen molar-refractivity contribution in [1.29, 1.82) is 0 Å². The predicted molar refractivity (Wildman–Crippen MR) is 158 cm³/mol. The number of hydrogen-bond acceptors (Lipinski definition) is 1. The lowest BCUT2D eigenvalue weighted by molar-refractivity contribution is 1.30. The van der Waals surface area contributed by atoms with Crippen LogP contribution in [0.4, 0.5) is 17.1 Å². The van der Waals surface area contributed by atoms with Gasteiger partial charge in [-0.15, -0.1) is 0 Å². The average molecular weight is 470 g/mol. The van der Waals surface area contributed by atoms with Gasteiger partial charge in [0.25, 0.3) is 0 Å². The largest absolute Gasteiger partial charge is 0.310 e. The topological polar surface area (TPSA) is 3.24 Å². The molecule has 1 aliphatic rings. The number of para-hydroxylation sites is 1. The lowest BCUT2D eigenvalue weighted by atomic mass is 9.99. The van der Waals surface area contributed by atoms with Crippen molar-refractivity contribution in [3.63, 3.8) is 0 Å². The molecule has 0 saturated heterocycles. The number of nitrogens with zero attached hydrogens (tertiary/aromatic N) is 1. The summed E-state index contributed by atoms with van der Waals surface area (Å²) in [4.78, 5) is 2.40. The van der Waals surface area contributed by atoms with Crippen molar-refractivity contribution in [1.82, 2.24) is 0 Å². The second-order valence-corrected chi connectivity index (χ2v) is 9.77. The van der Waals surface area contributed by atoms with Gasteiger partial charge in [-0.25, -0.2) is 0 Å². The van der Waals surface area contributed by atoms with Crippen molar-refractivity contribution in [2.24, 2.45) is 0 Å². The highest BCUT2D eigenvalue weighted by atomic mass is 15.1. The predicted octanol–water partition coefficient (Wildman–Crippen LogP) is 10.3. The van der Waals surface area contributed by atoms with Crippen molar-refractivity contribution < 1.29 is 0 Å². The van der Waals surface area contributed by atoms with E-state index in [0.29, 0.717) is 0 Å². The van der Waals surface area contributed by atoms with Crippen LogP contribution in [0, 0.1) is 0 Å².